The van der Waals surface area contributed by atoms with Gasteiger partial charge in [0, 0.05) is 6.54 Å². The van der Waals surface area contributed by atoms with Crippen LogP contribution in [0.1, 0.15) is 19.3 Å². The van der Waals surface area contributed by atoms with Crippen molar-refractivity contribution in [2.45, 2.75) is 19.3 Å². The molecule has 1 atom stereocenters. The van der Waals surface area contributed by atoms with Crippen molar-refractivity contribution in [3.05, 3.63) is 30.1 Å². The molecule has 0 aliphatic carbocycles. The maximum Gasteiger partial charge on any atom is 0.224 e. The van der Waals surface area contributed by atoms with Gasteiger partial charge in [0.15, 0.2) is 9.84 Å². The highest BCUT2D eigenvalue weighted by Gasteiger charge is 2.32. The van der Waals surface area contributed by atoms with Crippen molar-refractivity contribution in [3.63, 3.8) is 0 Å². The number of halogens is 1. The predicted octanol–water partition coefficient (Wildman–Crippen LogP) is 1.54. The minimum Gasteiger partial charge on any atom is -0.494 e. The second-order valence-electron chi connectivity index (χ2n) is 5.40. The molecule has 0 aromatic heterocycles. The summed E-state index contributed by atoms with van der Waals surface area (Å²) in [4.78, 5) is 11.8. The zero-order chi connectivity index (χ0) is 16.0. The van der Waals surface area contributed by atoms with Crippen molar-refractivity contribution in [1.82, 2.24) is 5.32 Å². The molecule has 1 amide bonds. The standard InChI is InChI=1S/C15H20FNO4S/c16-13-3-5-14(6-4-13)21-9-2-1-8-17-15(18)12-7-10-22(19,20)11-12/h3-6,12H,1-2,7-11H2,(H,17,18). The fraction of sp³-hybridized carbons (Fsp3) is 0.533. The van der Waals surface area contributed by atoms with E-state index in [9.17, 15) is 17.6 Å². The Kier molecular flexibility index (Phi) is 5.76. The molecule has 0 spiro atoms. The van der Waals surface area contributed by atoms with Crippen molar-refractivity contribution in [2.24, 2.45) is 5.92 Å². The minimum absolute atomic E-state index is 0.0352. The minimum atomic E-state index is -3.02. The van der Waals surface area contributed by atoms with Gasteiger partial charge in [-0.2, -0.15) is 0 Å². The first-order chi connectivity index (χ1) is 10.5. The van der Waals surface area contributed by atoms with Gasteiger partial charge < -0.3 is 10.1 Å². The van der Waals surface area contributed by atoms with Crippen LogP contribution in [0.5, 0.6) is 5.75 Å². The van der Waals surface area contributed by atoms with E-state index in [1.165, 1.54) is 12.1 Å². The molecule has 0 saturated carbocycles. The monoisotopic (exact) mass is 329 g/mol. The van der Waals surface area contributed by atoms with E-state index >= 15 is 0 Å². The molecule has 1 heterocycles. The number of ether oxygens (including phenoxy) is 1. The molecule has 1 aliphatic rings. The largest absolute Gasteiger partial charge is 0.494 e. The Labute approximate surface area is 129 Å². The first kappa shape index (κ1) is 16.7. The summed E-state index contributed by atoms with van der Waals surface area (Å²) in [5.74, 6) is -0.199. The molecular formula is C15H20FNO4S. The highest BCUT2D eigenvalue weighted by atomic mass is 32.2. The number of unbranched alkanes of at least 4 members (excludes halogenated alkanes) is 1. The summed E-state index contributed by atoms with van der Waals surface area (Å²) in [6, 6.07) is 5.81. The van der Waals surface area contributed by atoms with E-state index in [4.69, 9.17) is 4.74 Å². The molecule has 22 heavy (non-hydrogen) atoms. The number of benzene rings is 1. The lowest BCUT2D eigenvalue weighted by atomic mass is 10.1. The lowest BCUT2D eigenvalue weighted by Crippen LogP contribution is -2.32. The number of sulfone groups is 1. The van der Waals surface area contributed by atoms with Gasteiger partial charge in [-0.25, -0.2) is 12.8 Å². The van der Waals surface area contributed by atoms with E-state index in [0.717, 1.165) is 12.8 Å². The molecule has 122 valence electrons. The van der Waals surface area contributed by atoms with Crippen LogP contribution in [0, 0.1) is 11.7 Å². The van der Waals surface area contributed by atoms with Crippen LogP contribution in [-0.2, 0) is 14.6 Å². The van der Waals surface area contributed by atoms with E-state index in [-0.39, 0.29) is 23.2 Å². The van der Waals surface area contributed by atoms with Crippen LogP contribution in [0.3, 0.4) is 0 Å². The summed E-state index contributed by atoms with van der Waals surface area (Å²) in [5, 5.41) is 2.76. The van der Waals surface area contributed by atoms with Crippen LogP contribution in [-0.4, -0.2) is 39.0 Å². The van der Waals surface area contributed by atoms with Gasteiger partial charge in [-0.15, -0.1) is 0 Å². The van der Waals surface area contributed by atoms with Gasteiger partial charge >= 0.3 is 0 Å². The Morgan fingerprint density at radius 2 is 2.00 bits per heavy atom. The fourth-order valence-electron chi connectivity index (χ4n) is 2.31. The molecule has 0 radical (unpaired) electrons. The Balaban J connectivity index is 1.56. The van der Waals surface area contributed by atoms with Gasteiger partial charge in [-0.1, -0.05) is 0 Å². The molecule has 1 aromatic rings. The number of hydrogen-bond acceptors (Lipinski definition) is 4. The number of carbonyl (C=O) groups is 1. The first-order valence-electron chi connectivity index (χ1n) is 7.33. The molecule has 1 unspecified atom stereocenters. The van der Waals surface area contributed by atoms with Crippen molar-refractivity contribution in [2.75, 3.05) is 24.7 Å². The quantitative estimate of drug-likeness (QED) is 0.770. The molecule has 5 nitrogen and oxygen atoms in total. The van der Waals surface area contributed by atoms with E-state index in [1.54, 1.807) is 12.1 Å². The van der Waals surface area contributed by atoms with E-state index < -0.39 is 15.8 Å². The summed E-state index contributed by atoms with van der Waals surface area (Å²) < 4.78 is 40.7. The topological polar surface area (TPSA) is 72.5 Å². The van der Waals surface area contributed by atoms with Crippen molar-refractivity contribution >= 4 is 15.7 Å². The highest BCUT2D eigenvalue weighted by Crippen LogP contribution is 2.18. The number of carbonyl (C=O) groups excluding carboxylic acids is 1. The summed E-state index contributed by atoms with van der Waals surface area (Å²) in [7, 11) is -3.02. The molecule has 1 aliphatic heterocycles. The smallest absolute Gasteiger partial charge is 0.224 e. The zero-order valence-corrected chi connectivity index (χ0v) is 13.1. The molecular weight excluding hydrogens is 309 g/mol. The highest BCUT2D eigenvalue weighted by molar-refractivity contribution is 7.91. The predicted molar refractivity (Wildman–Crippen MR) is 80.9 cm³/mol. The summed E-state index contributed by atoms with van der Waals surface area (Å²) in [6.07, 6.45) is 1.91. The van der Waals surface area contributed by atoms with Crippen LogP contribution in [0.25, 0.3) is 0 Å². The Bertz CT molecular complexity index is 600. The zero-order valence-electron chi connectivity index (χ0n) is 12.3. The van der Waals surface area contributed by atoms with Crippen molar-refractivity contribution in [3.8, 4) is 5.75 Å². The number of rotatable bonds is 7. The molecule has 1 fully saturated rings. The summed E-state index contributed by atoms with van der Waals surface area (Å²) >= 11 is 0. The lowest BCUT2D eigenvalue weighted by molar-refractivity contribution is -0.124. The molecule has 1 N–H and O–H groups in total. The van der Waals surface area contributed by atoms with Gasteiger partial charge in [0.1, 0.15) is 11.6 Å². The fourth-order valence-corrected chi connectivity index (χ4v) is 4.05. The molecule has 1 aromatic carbocycles. The molecule has 0 bridgehead atoms. The van der Waals surface area contributed by atoms with Crippen LogP contribution >= 0.6 is 0 Å². The Morgan fingerprint density at radius 1 is 1.27 bits per heavy atom. The number of nitrogens with one attached hydrogen (secondary N) is 1. The number of amides is 1. The molecule has 7 heteroatoms. The van der Waals surface area contributed by atoms with Gasteiger partial charge in [0.25, 0.3) is 0 Å². The second kappa shape index (κ2) is 7.58. The van der Waals surface area contributed by atoms with E-state index in [1.807, 2.05) is 0 Å². The average molecular weight is 329 g/mol. The maximum atomic E-state index is 12.7. The second-order valence-corrected chi connectivity index (χ2v) is 7.63. The average Bonchev–Trinajstić information content (AvgIpc) is 2.84. The first-order valence-corrected chi connectivity index (χ1v) is 9.15. The maximum absolute atomic E-state index is 12.7. The van der Waals surface area contributed by atoms with E-state index in [2.05, 4.69) is 5.32 Å². The summed E-state index contributed by atoms with van der Waals surface area (Å²) in [6.45, 7) is 0.988. The third-order valence-electron chi connectivity index (χ3n) is 3.56. The Hall–Kier alpha value is -1.63. The van der Waals surface area contributed by atoms with Crippen LogP contribution in [0.15, 0.2) is 24.3 Å². The molecule has 2 rings (SSSR count). The lowest BCUT2D eigenvalue weighted by Gasteiger charge is -2.10. The van der Waals surface area contributed by atoms with Crippen molar-refractivity contribution < 1.29 is 22.3 Å². The van der Waals surface area contributed by atoms with Gasteiger partial charge in [-0.3, -0.25) is 4.79 Å². The van der Waals surface area contributed by atoms with Gasteiger partial charge in [0.05, 0.1) is 24.0 Å². The van der Waals surface area contributed by atoms with Crippen molar-refractivity contribution in [1.29, 1.82) is 0 Å². The van der Waals surface area contributed by atoms with Gasteiger partial charge in [0.2, 0.25) is 5.91 Å². The van der Waals surface area contributed by atoms with Crippen LogP contribution < -0.4 is 10.1 Å². The van der Waals surface area contributed by atoms with Crippen LogP contribution in [0.4, 0.5) is 4.39 Å². The normalized spacial score (nSPS) is 19.8. The third-order valence-corrected chi connectivity index (χ3v) is 5.32. The number of hydrogen-bond donors (Lipinski definition) is 1. The summed E-state index contributed by atoms with van der Waals surface area (Å²) in [5.41, 5.74) is 0. The third kappa shape index (κ3) is 5.29. The molecule has 1 saturated heterocycles. The SMILES string of the molecule is O=C(NCCCCOc1ccc(F)cc1)C1CCS(=O)(=O)C1. The van der Waals surface area contributed by atoms with Crippen LogP contribution in [0.2, 0.25) is 0 Å². The van der Waals surface area contributed by atoms with E-state index in [0.29, 0.717) is 25.3 Å². The van der Waals surface area contributed by atoms with Gasteiger partial charge in [-0.05, 0) is 43.5 Å². The Morgan fingerprint density at radius 3 is 2.64 bits per heavy atom.